The minimum Gasteiger partial charge on any atom is -0.481 e. The van der Waals surface area contributed by atoms with Gasteiger partial charge in [-0.3, -0.25) is 9.59 Å². The molecule has 4 rings (SSSR count). The zero-order chi connectivity index (χ0) is 21.1. The number of amides is 1. The Kier molecular flexibility index (Phi) is 5.54. The minimum atomic E-state index is -0.889. The van der Waals surface area contributed by atoms with Crippen LogP contribution in [0, 0.1) is 0 Å². The molecule has 150 valence electrons. The second kappa shape index (κ2) is 8.42. The Balaban J connectivity index is 1.65. The van der Waals surface area contributed by atoms with Crippen LogP contribution in [0.2, 0.25) is 0 Å². The van der Waals surface area contributed by atoms with Gasteiger partial charge in [0.2, 0.25) is 0 Å². The summed E-state index contributed by atoms with van der Waals surface area (Å²) in [6.45, 7) is 0. The summed E-state index contributed by atoms with van der Waals surface area (Å²) in [4.78, 5) is 29.0. The van der Waals surface area contributed by atoms with Crippen LogP contribution >= 0.6 is 12.6 Å². The molecule has 1 amide bonds. The molecule has 7 heteroatoms. The maximum absolute atomic E-state index is 12.5. The first kappa shape index (κ1) is 19.7. The summed E-state index contributed by atoms with van der Waals surface area (Å²) < 4.78 is 1.85. The van der Waals surface area contributed by atoms with E-state index in [0.29, 0.717) is 21.7 Å². The highest BCUT2D eigenvalue weighted by Gasteiger charge is 2.20. The molecule has 1 aromatic heterocycles. The third-order valence-corrected chi connectivity index (χ3v) is 5.26. The molecule has 0 saturated carbocycles. The van der Waals surface area contributed by atoms with Gasteiger partial charge in [-0.1, -0.05) is 42.5 Å². The third-order valence-electron chi connectivity index (χ3n) is 4.87. The lowest BCUT2D eigenvalue weighted by Crippen LogP contribution is -2.14. The number of fused-ring (bicyclic) bond motifs is 1. The quantitative estimate of drug-likeness (QED) is 0.399. The number of nitrogens with zero attached hydrogens (tertiary/aromatic N) is 2. The van der Waals surface area contributed by atoms with Crippen LogP contribution in [0.1, 0.15) is 28.4 Å². The number of aliphatic carboxylic acids is 1. The van der Waals surface area contributed by atoms with Gasteiger partial charge in [0.25, 0.3) is 5.91 Å². The van der Waals surface area contributed by atoms with Crippen LogP contribution in [0.15, 0.2) is 84.0 Å². The van der Waals surface area contributed by atoms with Gasteiger partial charge in [-0.05, 0) is 35.9 Å². The van der Waals surface area contributed by atoms with E-state index in [9.17, 15) is 14.7 Å². The Labute approximate surface area is 178 Å². The first-order chi connectivity index (χ1) is 14.5. The van der Waals surface area contributed by atoms with Crippen LogP contribution in [0.5, 0.6) is 0 Å². The van der Waals surface area contributed by atoms with Crippen molar-refractivity contribution >= 4 is 41.2 Å². The minimum absolute atomic E-state index is 0.0628. The summed E-state index contributed by atoms with van der Waals surface area (Å²) >= 11 is 4.33. The molecule has 0 aliphatic heterocycles. The molecule has 3 aromatic carbocycles. The molecule has 2 N–H and O–H groups in total. The largest absolute Gasteiger partial charge is 0.481 e. The van der Waals surface area contributed by atoms with Gasteiger partial charge in [0, 0.05) is 10.6 Å². The second-order valence-electron chi connectivity index (χ2n) is 6.85. The van der Waals surface area contributed by atoms with Gasteiger partial charge in [-0.25, -0.2) is 4.98 Å². The number of carbonyl (C=O) groups excluding carboxylic acids is 1. The Morgan fingerprint density at radius 2 is 1.77 bits per heavy atom. The van der Waals surface area contributed by atoms with E-state index in [-0.39, 0.29) is 18.4 Å². The molecule has 0 aliphatic rings. The van der Waals surface area contributed by atoms with Crippen molar-refractivity contribution in [1.82, 2.24) is 9.55 Å². The molecule has 0 saturated heterocycles. The summed E-state index contributed by atoms with van der Waals surface area (Å²) in [5.41, 5.74) is 3.43. The van der Waals surface area contributed by atoms with Crippen LogP contribution < -0.4 is 5.32 Å². The van der Waals surface area contributed by atoms with Crippen LogP contribution in [0.25, 0.3) is 11.0 Å². The maximum Gasteiger partial charge on any atom is 0.305 e. The first-order valence-corrected chi connectivity index (χ1v) is 9.80. The van der Waals surface area contributed by atoms with Gasteiger partial charge in [0.1, 0.15) is 0 Å². The number of hydrogen-bond acceptors (Lipinski definition) is 4. The number of rotatable bonds is 6. The van der Waals surface area contributed by atoms with E-state index in [4.69, 9.17) is 0 Å². The zero-order valence-corrected chi connectivity index (χ0v) is 16.8. The van der Waals surface area contributed by atoms with E-state index in [1.54, 1.807) is 36.7 Å². The van der Waals surface area contributed by atoms with Crippen LogP contribution in [-0.4, -0.2) is 26.5 Å². The SMILES string of the molecule is O=C(O)CC(c1ccccc1)n1cnc2cc(NC(=O)c3ccccc3S)ccc21. The van der Waals surface area contributed by atoms with Crippen LogP contribution in [0.4, 0.5) is 5.69 Å². The van der Waals surface area contributed by atoms with E-state index >= 15 is 0 Å². The molecule has 1 heterocycles. The van der Waals surface area contributed by atoms with E-state index in [1.165, 1.54) is 0 Å². The Hall–Kier alpha value is -3.58. The molecule has 0 radical (unpaired) electrons. The first-order valence-electron chi connectivity index (χ1n) is 9.35. The normalized spacial score (nSPS) is 11.9. The second-order valence-corrected chi connectivity index (χ2v) is 7.33. The van der Waals surface area contributed by atoms with Crippen molar-refractivity contribution < 1.29 is 14.7 Å². The maximum atomic E-state index is 12.5. The standard InChI is InChI=1S/C23H19N3O3S/c27-22(28)13-20(15-6-2-1-3-7-15)26-14-24-18-12-16(10-11-19(18)26)25-23(29)17-8-4-5-9-21(17)30/h1-12,14,20,30H,13H2,(H,25,29)(H,27,28). The lowest BCUT2D eigenvalue weighted by Gasteiger charge is -2.18. The average Bonchev–Trinajstić information content (AvgIpc) is 3.16. The molecule has 0 fully saturated rings. The number of thiol groups is 1. The number of benzene rings is 3. The summed E-state index contributed by atoms with van der Waals surface area (Å²) in [6.07, 6.45) is 1.58. The fourth-order valence-electron chi connectivity index (χ4n) is 3.44. The van der Waals surface area contributed by atoms with Crippen LogP contribution in [-0.2, 0) is 4.79 Å². The van der Waals surface area contributed by atoms with Gasteiger partial charge in [-0.2, -0.15) is 0 Å². The highest BCUT2D eigenvalue weighted by molar-refractivity contribution is 7.80. The number of nitrogens with one attached hydrogen (secondary N) is 1. The Morgan fingerprint density at radius 1 is 1.03 bits per heavy atom. The van der Waals surface area contributed by atoms with E-state index in [0.717, 1.165) is 11.1 Å². The number of carboxylic acid groups (broad SMARTS) is 1. The van der Waals surface area contributed by atoms with Gasteiger partial charge < -0.3 is 15.0 Å². The number of aromatic nitrogens is 2. The molecule has 1 atom stereocenters. The van der Waals surface area contributed by atoms with Crippen molar-refractivity contribution in [3.63, 3.8) is 0 Å². The number of imidazole rings is 1. The topological polar surface area (TPSA) is 84.2 Å². The monoisotopic (exact) mass is 417 g/mol. The predicted octanol–water partition coefficient (Wildman–Crippen LogP) is 4.64. The van der Waals surface area contributed by atoms with Crippen molar-refractivity contribution in [2.24, 2.45) is 0 Å². The number of hydrogen-bond donors (Lipinski definition) is 3. The van der Waals surface area contributed by atoms with Crippen molar-refractivity contribution in [3.05, 3.63) is 90.3 Å². The molecule has 0 spiro atoms. The summed E-state index contributed by atoms with van der Waals surface area (Å²) in [7, 11) is 0. The lowest BCUT2D eigenvalue weighted by molar-refractivity contribution is -0.137. The van der Waals surface area contributed by atoms with Crippen molar-refractivity contribution in [1.29, 1.82) is 0 Å². The smallest absolute Gasteiger partial charge is 0.305 e. The predicted molar refractivity (Wildman–Crippen MR) is 118 cm³/mol. The van der Waals surface area contributed by atoms with E-state index < -0.39 is 5.97 Å². The van der Waals surface area contributed by atoms with Gasteiger partial charge in [-0.15, -0.1) is 12.6 Å². The molecule has 30 heavy (non-hydrogen) atoms. The number of carbonyl (C=O) groups is 2. The van der Waals surface area contributed by atoms with Crippen molar-refractivity contribution in [2.45, 2.75) is 17.4 Å². The van der Waals surface area contributed by atoms with E-state index in [2.05, 4.69) is 22.9 Å². The zero-order valence-electron chi connectivity index (χ0n) is 15.9. The highest BCUT2D eigenvalue weighted by atomic mass is 32.1. The molecule has 4 aromatic rings. The number of anilines is 1. The number of carboxylic acids is 1. The summed E-state index contributed by atoms with van der Waals surface area (Å²) in [6, 6.07) is 21.5. The van der Waals surface area contributed by atoms with Crippen molar-refractivity contribution in [3.8, 4) is 0 Å². The highest BCUT2D eigenvalue weighted by Crippen LogP contribution is 2.28. The molecule has 6 nitrogen and oxygen atoms in total. The van der Waals surface area contributed by atoms with Gasteiger partial charge in [0.15, 0.2) is 0 Å². The Bertz CT molecular complexity index is 1220. The molecular formula is C23H19N3O3S. The van der Waals surface area contributed by atoms with Crippen molar-refractivity contribution in [2.75, 3.05) is 5.32 Å². The molecular weight excluding hydrogens is 398 g/mol. The average molecular weight is 417 g/mol. The fraction of sp³-hybridized carbons (Fsp3) is 0.0870. The Morgan fingerprint density at radius 3 is 2.50 bits per heavy atom. The summed E-state index contributed by atoms with van der Waals surface area (Å²) in [5, 5.41) is 12.3. The van der Waals surface area contributed by atoms with Gasteiger partial charge >= 0.3 is 5.97 Å². The van der Waals surface area contributed by atoms with E-state index in [1.807, 2.05) is 47.0 Å². The molecule has 0 aliphatic carbocycles. The van der Waals surface area contributed by atoms with Gasteiger partial charge in [0.05, 0.1) is 35.4 Å². The molecule has 0 bridgehead atoms. The van der Waals surface area contributed by atoms with Crippen LogP contribution in [0.3, 0.4) is 0 Å². The fourth-order valence-corrected chi connectivity index (χ4v) is 3.70. The third kappa shape index (κ3) is 4.06. The summed E-state index contributed by atoms with van der Waals surface area (Å²) in [5.74, 6) is -1.15. The molecule has 1 unspecified atom stereocenters. The lowest BCUT2D eigenvalue weighted by atomic mass is 10.0.